The molecule has 1 aromatic carbocycles. The van der Waals surface area contributed by atoms with Gasteiger partial charge in [0.2, 0.25) is 0 Å². The third-order valence-electron chi connectivity index (χ3n) is 2.16. The number of esters is 1. The van der Waals surface area contributed by atoms with Gasteiger partial charge in [-0.25, -0.2) is 9.59 Å². The molecule has 1 rings (SSSR count). The molecule has 7 nitrogen and oxygen atoms in total. The van der Waals surface area contributed by atoms with Crippen LogP contribution in [0.15, 0.2) is 22.7 Å². The van der Waals surface area contributed by atoms with Crippen molar-refractivity contribution in [3.63, 3.8) is 0 Å². The third kappa shape index (κ3) is 4.88. The molecular weight excluding hydrogens is 332 g/mol. The lowest BCUT2D eigenvalue weighted by Crippen LogP contribution is -2.34. The molecule has 1 aromatic rings. The minimum absolute atomic E-state index is 0.0642. The number of urea groups is 1. The third-order valence-corrected chi connectivity index (χ3v) is 2.65. The van der Waals surface area contributed by atoms with Crippen molar-refractivity contribution in [3.05, 3.63) is 28.2 Å². The van der Waals surface area contributed by atoms with Gasteiger partial charge in [0, 0.05) is 4.47 Å². The van der Waals surface area contributed by atoms with E-state index in [4.69, 9.17) is 5.11 Å². The number of anilines is 1. The molecule has 0 aliphatic rings. The van der Waals surface area contributed by atoms with Crippen molar-refractivity contribution in [2.45, 2.75) is 6.92 Å². The Hall–Kier alpha value is -2.09. The van der Waals surface area contributed by atoms with E-state index in [0.29, 0.717) is 4.47 Å². The van der Waals surface area contributed by atoms with Crippen LogP contribution >= 0.6 is 15.9 Å². The van der Waals surface area contributed by atoms with Crippen molar-refractivity contribution >= 4 is 39.6 Å². The number of amides is 2. The Balaban J connectivity index is 2.66. The Bertz CT molecular complexity index is 533. The van der Waals surface area contributed by atoms with Gasteiger partial charge in [-0.3, -0.25) is 4.79 Å². The smallest absolute Gasteiger partial charge is 0.337 e. The van der Waals surface area contributed by atoms with Crippen LogP contribution in [-0.4, -0.2) is 36.2 Å². The lowest BCUT2D eigenvalue weighted by Gasteiger charge is -2.10. The zero-order valence-electron chi connectivity index (χ0n) is 10.6. The molecule has 0 aliphatic carbocycles. The summed E-state index contributed by atoms with van der Waals surface area (Å²) in [6.07, 6.45) is 0. The molecule has 0 atom stereocenters. The molecule has 0 unspecified atom stereocenters. The summed E-state index contributed by atoms with van der Waals surface area (Å²) in [7, 11) is 0. The fourth-order valence-corrected chi connectivity index (χ4v) is 1.69. The Morgan fingerprint density at radius 1 is 1.35 bits per heavy atom. The second kappa shape index (κ2) is 7.49. The maximum absolute atomic E-state index is 11.5. The van der Waals surface area contributed by atoms with Crippen LogP contribution in [0.1, 0.15) is 17.3 Å². The van der Waals surface area contributed by atoms with Gasteiger partial charge in [-0.15, -0.1) is 0 Å². The number of carboxylic acids is 1. The van der Waals surface area contributed by atoms with Crippen LogP contribution in [0, 0.1) is 0 Å². The molecule has 0 saturated carbocycles. The van der Waals surface area contributed by atoms with Crippen LogP contribution in [0.5, 0.6) is 0 Å². The van der Waals surface area contributed by atoms with Gasteiger partial charge in [0.25, 0.3) is 0 Å². The number of benzene rings is 1. The highest BCUT2D eigenvalue weighted by Gasteiger charge is 2.13. The molecule has 0 radical (unpaired) electrons. The molecule has 0 fully saturated rings. The average molecular weight is 345 g/mol. The average Bonchev–Trinajstić information content (AvgIpc) is 2.38. The highest BCUT2D eigenvalue weighted by atomic mass is 79.9. The molecule has 0 bridgehead atoms. The number of halogens is 1. The monoisotopic (exact) mass is 344 g/mol. The maximum atomic E-state index is 11.5. The van der Waals surface area contributed by atoms with Gasteiger partial charge < -0.3 is 20.5 Å². The lowest BCUT2D eigenvalue weighted by atomic mass is 10.2. The summed E-state index contributed by atoms with van der Waals surface area (Å²) in [5.74, 6) is -1.75. The molecule has 0 saturated heterocycles. The fourth-order valence-electron chi connectivity index (χ4n) is 1.33. The summed E-state index contributed by atoms with van der Waals surface area (Å²) in [6, 6.07) is 3.71. The van der Waals surface area contributed by atoms with E-state index >= 15 is 0 Å². The molecule has 0 spiro atoms. The van der Waals surface area contributed by atoms with Gasteiger partial charge in [0.05, 0.1) is 17.9 Å². The first-order valence-electron chi connectivity index (χ1n) is 5.67. The molecule has 3 N–H and O–H groups in total. The highest BCUT2D eigenvalue weighted by Crippen LogP contribution is 2.21. The van der Waals surface area contributed by atoms with Crippen LogP contribution < -0.4 is 10.6 Å². The van der Waals surface area contributed by atoms with Crippen molar-refractivity contribution in [3.8, 4) is 0 Å². The predicted octanol–water partition coefficient (Wildman–Crippen LogP) is 1.83. The van der Waals surface area contributed by atoms with Crippen molar-refractivity contribution in [2.24, 2.45) is 0 Å². The molecule has 0 aromatic heterocycles. The fraction of sp³-hybridized carbons (Fsp3) is 0.250. The Morgan fingerprint density at radius 3 is 2.65 bits per heavy atom. The van der Waals surface area contributed by atoms with E-state index in [1.54, 1.807) is 13.0 Å². The van der Waals surface area contributed by atoms with E-state index < -0.39 is 18.0 Å². The predicted molar refractivity (Wildman–Crippen MR) is 74.8 cm³/mol. The maximum Gasteiger partial charge on any atom is 0.337 e. The van der Waals surface area contributed by atoms with Crippen molar-refractivity contribution < 1.29 is 24.2 Å². The minimum atomic E-state index is -1.17. The first-order chi connectivity index (χ1) is 9.43. The van der Waals surface area contributed by atoms with Crippen LogP contribution in [0.3, 0.4) is 0 Å². The second-order valence-corrected chi connectivity index (χ2v) is 4.52. The molecule has 0 aliphatic heterocycles. The molecule has 2 amide bonds. The number of carbonyl (C=O) groups is 3. The van der Waals surface area contributed by atoms with Gasteiger partial charge in [0.1, 0.15) is 6.54 Å². The first kappa shape index (κ1) is 16.0. The summed E-state index contributed by atoms with van der Waals surface area (Å²) in [5.41, 5.74) is 0.0627. The van der Waals surface area contributed by atoms with Gasteiger partial charge in [0.15, 0.2) is 0 Å². The number of hydrogen-bond acceptors (Lipinski definition) is 4. The van der Waals surface area contributed by atoms with Crippen LogP contribution in [-0.2, 0) is 9.53 Å². The van der Waals surface area contributed by atoms with E-state index in [2.05, 4.69) is 31.3 Å². The summed E-state index contributed by atoms with van der Waals surface area (Å²) < 4.78 is 5.21. The van der Waals surface area contributed by atoms with E-state index in [1.165, 1.54) is 12.1 Å². The zero-order chi connectivity index (χ0) is 15.1. The van der Waals surface area contributed by atoms with E-state index in [1.807, 2.05) is 0 Å². The first-order valence-corrected chi connectivity index (χ1v) is 6.46. The minimum Gasteiger partial charge on any atom is -0.478 e. The largest absolute Gasteiger partial charge is 0.478 e. The molecule has 108 valence electrons. The summed E-state index contributed by atoms with van der Waals surface area (Å²) in [5, 5.41) is 13.6. The van der Waals surface area contributed by atoms with E-state index in [0.717, 1.165) is 0 Å². The second-order valence-electron chi connectivity index (χ2n) is 3.61. The number of carbonyl (C=O) groups excluding carboxylic acids is 2. The summed E-state index contributed by atoms with van der Waals surface area (Å²) in [6.45, 7) is 1.58. The van der Waals surface area contributed by atoms with Crippen molar-refractivity contribution in [1.29, 1.82) is 0 Å². The number of ether oxygens (including phenoxy) is 1. The Morgan fingerprint density at radius 2 is 2.05 bits per heavy atom. The number of nitrogens with one attached hydrogen (secondary N) is 2. The van der Waals surface area contributed by atoms with Gasteiger partial charge in [-0.1, -0.05) is 15.9 Å². The number of aromatic carboxylic acids is 1. The molecule has 8 heteroatoms. The standard InChI is InChI=1S/C12H13BrN2O5/c1-2-20-10(16)6-14-12(19)15-9-4-3-7(13)5-8(9)11(17)18/h3-5H,2,6H2,1H3,(H,17,18)(H2,14,15,19). The quantitative estimate of drug-likeness (QED) is 0.706. The van der Waals surface area contributed by atoms with Crippen molar-refractivity contribution in [1.82, 2.24) is 5.32 Å². The number of carboxylic acid groups (broad SMARTS) is 1. The van der Waals surface area contributed by atoms with Crippen molar-refractivity contribution in [2.75, 3.05) is 18.5 Å². The molecular formula is C12H13BrN2O5. The van der Waals surface area contributed by atoms with E-state index in [-0.39, 0.29) is 24.4 Å². The van der Waals surface area contributed by atoms with Crippen LogP contribution in [0.25, 0.3) is 0 Å². The van der Waals surface area contributed by atoms with Crippen LogP contribution in [0.4, 0.5) is 10.5 Å². The normalized spacial score (nSPS) is 9.70. The van der Waals surface area contributed by atoms with Gasteiger partial charge >= 0.3 is 18.0 Å². The molecule has 0 heterocycles. The van der Waals surface area contributed by atoms with Gasteiger partial charge in [-0.2, -0.15) is 0 Å². The van der Waals surface area contributed by atoms with Crippen LogP contribution in [0.2, 0.25) is 0 Å². The van der Waals surface area contributed by atoms with Gasteiger partial charge in [-0.05, 0) is 25.1 Å². The topological polar surface area (TPSA) is 105 Å². The highest BCUT2D eigenvalue weighted by molar-refractivity contribution is 9.10. The number of hydrogen-bond donors (Lipinski definition) is 3. The summed E-state index contributed by atoms with van der Waals surface area (Å²) in [4.78, 5) is 33.6. The molecule has 20 heavy (non-hydrogen) atoms. The lowest BCUT2D eigenvalue weighted by molar-refractivity contribution is -0.141. The zero-order valence-corrected chi connectivity index (χ0v) is 12.2. The Labute approximate surface area is 123 Å². The number of rotatable bonds is 5. The Kier molecular flexibility index (Phi) is 5.98. The summed E-state index contributed by atoms with van der Waals surface area (Å²) >= 11 is 3.15. The van der Waals surface area contributed by atoms with E-state index in [9.17, 15) is 14.4 Å². The SMILES string of the molecule is CCOC(=O)CNC(=O)Nc1ccc(Br)cc1C(=O)O.